The summed E-state index contributed by atoms with van der Waals surface area (Å²) >= 11 is 0. The molecule has 5 rings (SSSR count). The molecule has 4 aliphatic rings. The van der Waals surface area contributed by atoms with Crippen LogP contribution in [0, 0.1) is 0 Å². The fourth-order valence-electron chi connectivity index (χ4n) is 5.28. The largest absolute Gasteiger partial charge is 0.300 e. The first-order valence-corrected chi connectivity index (χ1v) is 10.2. The lowest BCUT2D eigenvalue weighted by Gasteiger charge is -2.35. The molecule has 3 fully saturated rings. The number of fused-ring (bicyclic) bond motifs is 2. The average Bonchev–Trinajstić information content (AvgIpc) is 3.25. The first-order chi connectivity index (χ1) is 13.1. The molecule has 0 N–H and O–H groups in total. The Morgan fingerprint density at radius 1 is 0.926 bits per heavy atom. The third-order valence-electron chi connectivity index (χ3n) is 6.70. The fourth-order valence-corrected chi connectivity index (χ4v) is 5.28. The van der Waals surface area contributed by atoms with Crippen molar-refractivity contribution in [3.8, 4) is 0 Å². The third-order valence-corrected chi connectivity index (χ3v) is 6.70. The number of hydrogen-bond acceptors (Lipinski definition) is 4. The maximum absolute atomic E-state index is 12.8. The summed E-state index contributed by atoms with van der Waals surface area (Å²) in [6, 6.07) is 6.82. The van der Waals surface area contributed by atoms with Gasteiger partial charge < -0.3 is 4.90 Å². The minimum atomic E-state index is -0.263. The number of carbonyl (C=O) groups excluding carboxylic acids is 3. The Morgan fingerprint density at radius 3 is 2.56 bits per heavy atom. The quantitative estimate of drug-likeness (QED) is 0.754. The van der Waals surface area contributed by atoms with Crippen molar-refractivity contribution in [2.24, 2.45) is 0 Å². The Hall–Kier alpha value is -2.21. The molecule has 4 heterocycles. The van der Waals surface area contributed by atoms with E-state index in [1.54, 1.807) is 0 Å². The second kappa shape index (κ2) is 6.44. The molecule has 6 nitrogen and oxygen atoms in total. The van der Waals surface area contributed by atoms with Crippen molar-refractivity contribution >= 4 is 17.7 Å². The monoisotopic (exact) mass is 367 g/mol. The standard InChI is InChI=1S/C21H25N3O3/c25-19-4-1-5-20(26)24(19)23-13-16-11-14(6-7-18(16)21(23)27)15-8-10-22-9-2-3-17(22)12-15/h6-7,11,15,17H,1-5,8-10,12-13H2. The minimum Gasteiger partial charge on any atom is -0.300 e. The number of carbonyl (C=O) groups is 3. The summed E-state index contributed by atoms with van der Waals surface area (Å²) in [6.07, 6.45) is 6.20. The van der Waals surface area contributed by atoms with Crippen LogP contribution in [0.15, 0.2) is 18.2 Å². The SMILES string of the molecule is O=C1c2ccc(C3CCN4CCCC4C3)cc2CN1N1C(=O)CCCC1=O. The Bertz CT molecular complexity index is 805. The van der Waals surface area contributed by atoms with Crippen LogP contribution in [0.3, 0.4) is 0 Å². The van der Waals surface area contributed by atoms with E-state index in [0.717, 1.165) is 23.5 Å². The number of amides is 3. The predicted molar refractivity (Wildman–Crippen MR) is 98.6 cm³/mol. The first-order valence-electron chi connectivity index (χ1n) is 10.2. The second-order valence-electron chi connectivity index (χ2n) is 8.29. The molecule has 3 amide bonds. The summed E-state index contributed by atoms with van der Waals surface area (Å²) in [4.78, 5) is 39.8. The predicted octanol–water partition coefficient (Wildman–Crippen LogP) is 2.44. The summed E-state index contributed by atoms with van der Waals surface area (Å²) < 4.78 is 0. The molecule has 142 valence electrons. The van der Waals surface area contributed by atoms with Crippen LogP contribution in [0.1, 0.15) is 72.3 Å². The zero-order chi connectivity index (χ0) is 18.5. The van der Waals surface area contributed by atoms with Gasteiger partial charge in [-0.15, -0.1) is 0 Å². The smallest absolute Gasteiger partial charge is 0.273 e. The first kappa shape index (κ1) is 16.9. The summed E-state index contributed by atoms with van der Waals surface area (Å²) in [7, 11) is 0. The van der Waals surface area contributed by atoms with Gasteiger partial charge in [0, 0.05) is 24.4 Å². The van der Waals surface area contributed by atoms with Crippen molar-refractivity contribution in [2.45, 2.75) is 63.5 Å². The molecule has 1 aromatic carbocycles. The summed E-state index contributed by atoms with van der Waals surface area (Å²) in [6.45, 7) is 2.72. The van der Waals surface area contributed by atoms with Gasteiger partial charge >= 0.3 is 0 Å². The van der Waals surface area contributed by atoms with Gasteiger partial charge in [0.05, 0.1) is 6.54 Å². The van der Waals surface area contributed by atoms with Crippen molar-refractivity contribution in [2.75, 3.05) is 13.1 Å². The number of imide groups is 1. The van der Waals surface area contributed by atoms with Gasteiger partial charge in [0.2, 0.25) is 11.8 Å². The van der Waals surface area contributed by atoms with E-state index in [0.29, 0.717) is 43.3 Å². The van der Waals surface area contributed by atoms with Gasteiger partial charge in [0.25, 0.3) is 5.91 Å². The summed E-state index contributed by atoms with van der Waals surface area (Å²) in [5.74, 6) is -0.217. The zero-order valence-corrected chi connectivity index (χ0v) is 15.5. The van der Waals surface area contributed by atoms with Crippen LogP contribution in [0.2, 0.25) is 0 Å². The number of piperidine rings is 2. The Morgan fingerprint density at radius 2 is 1.74 bits per heavy atom. The van der Waals surface area contributed by atoms with Crippen LogP contribution in [0.5, 0.6) is 0 Å². The van der Waals surface area contributed by atoms with E-state index < -0.39 is 0 Å². The Labute approximate surface area is 159 Å². The molecule has 0 radical (unpaired) electrons. The molecule has 0 spiro atoms. The second-order valence-corrected chi connectivity index (χ2v) is 8.29. The van der Waals surface area contributed by atoms with E-state index in [9.17, 15) is 14.4 Å². The van der Waals surface area contributed by atoms with Crippen molar-refractivity contribution < 1.29 is 14.4 Å². The van der Waals surface area contributed by atoms with E-state index in [4.69, 9.17) is 0 Å². The Kier molecular flexibility index (Phi) is 4.04. The number of benzene rings is 1. The number of hydrazine groups is 1. The normalized spacial score (nSPS) is 28.7. The number of rotatable bonds is 2. The highest BCUT2D eigenvalue weighted by atomic mass is 16.2. The van der Waals surface area contributed by atoms with Crippen molar-refractivity contribution in [3.05, 3.63) is 34.9 Å². The van der Waals surface area contributed by atoms with Crippen LogP contribution in [-0.2, 0) is 16.1 Å². The molecule has 2 atom stereocenters. The molecule has 4 aliphatic heterocycles. The molecular formula is C21H25N3O3. The Balaban J connectivity index is 1.37. The van der Waals surface area contributed by atoms with Crippen LogP contribution in [-0.4, -0.2) is 51.8 Å². The van der Waals surface area contributed by atoms with Crippen LogP contribution >= 0.6 is 0 Å². The van der Waals surface area contributed by atoms with Gasteiger partial charge in [-0.05, 0) is 68.3 Å². The molecule has 0 aliphatic carbocycles. The average molecular weight is 367 g/mol. The highest BCUT2D eigenvalue weighted by molar-refractivity contribution is 6.04. The van der Waals surface area contributed by atoms with Gasteiger partial charge in [-0.2, -0.15) is 5.01 Å². The van der Waals surface area contributed by atoms with Gasteiger partial charge in [-0.25, -0.2) is 5.01 Å². The molecule has 3 saturated heterocycles. The topological polar surface area (TPSA) is 60.9 Å². The lowest BCUT2D eigenvalue weighted by Crippen LogP contribution is -2.51. The van der Waals surface area contributed by atoms with E-state index in [1.807, 2.05) is 6.07 Å². The maximum atomic E-state index is 12.8. The molecule has 0 aromatic heterocycles. The van der Waals surface area contributed by atoms with Crippen molar-refractivity contribution in [3.63, 3.8) is 0 Å². The van der Waals surface area contributed by atoms with Crippen LogP contribution in [0.25, 0.3) is 0 Å². The van der Waals surface area contributed by atoms with E-state index in [2.05, 4.69) is 17.0 Å². The molecular weight excluding hydrogens is 342 g/mol. The summed E-state index contributed by atoms with van der Waals surface area (Å²) in [5, 5.41) is 2.43. The van der Waals surface area contributed by atoms with E-state index in [1.165, 1.54) is 36.4 Å². The zero-order valence-electron chi connectivity index (χ0n) is 15.5. The molecule has 0 bridgehead atoms. The molecule has 6 heteroatoms. The van der Waals surface area contributed by atoms with Crippen molar-refractivity contribution in [1.29, 1.82) is 0 Å². The third kappa shape index (κ3) is 2.78. The van der Waals surface area contributed by atoms with Crippen LogP contribution in [0.4, 0.5) is 0 Å². The van der Waals surface area contributed by atoms with Crippen molar-refractivity contribution in [1.82, 2.24) is 14.9 Å². The fraction of sp³-hybridized carbons (Fsp3) is 0.571. The molecule has 2 unspecified atom stereocenters. The lowest BCUT2D eigenvalue weighted by atomic mass is 9.84. The molecule has 27 heavy (non-hydrogen) atoms. The van der Waals surface area contributed by atoms with Gasteiger partial charge in [0.1, 0.15) is 0 Å². The maximum Gasteiger partial charge on any atom is 0.273 e. The molecule has 0 saturated carbocycles. The van der Waals surface area contributed by atoms with E-state index >= 15 is 0 Å². The van der Waals surface area contributed by atoms with Crippen LogP contribution < -0.4 is 0 Å². The lowest BCUT2D eigenvalue weighted by molar-refractivity contribution is -0.163. The highest BCUT2D eigenvalue weighted by Gasteiger charge is 2.40. The molecule has 1 aromatic rings. The van der Waals surface area contributed by atoms with Gasteiger partial charge in [-0.3, -0.25) is 14.4 Å². The van der Waals surface area contributed by atoms with Gasteiger partial charge in [0.15, 0.2) is 0 Å². The minimum absolute atomic E-state index is 0.231. The number of hydrogen-bond donors (Lipinski definition) is 0. The number of nitrogens with zero attached hydrogens (tertiary/aromatic N) is 3. The summed E-state index contributed by atoms with van der Waals surface area (Å²) in [5.41, 5.74) is 2.87. The highest BCUT2D eigenvalue weighted by Crippen LogP contribution is 2.38. The van der Waals surface area contributed by atoms with Gasteiger partial charge in [-0.1, -0.05) is 12.1 Å². The van der Waals surface area contributed by atoms with E-state index in [-0.39, 0.29) is 17.7 Å².